The highest BCUT2D eigenvalue weighted by Gasteiger charge is 2.39. The number of halogens is 1. The number of carbonyl (C=O) groups is 2. The Hall–Kier alpha value is -2.16. The Labute approximate surface area is 166 Å². The van der Waals surface area contributed by atoms with Gasteiger partial charge in [-0.2, -0.15) is 0 Å². The molecular weight excluding hydrogens is 412 g/mol. The van der Waals surface area contributed by atoms with E-state index in [-0.39, 0.29) is 34.5 Å². The van der Waals surface area contributed by atoms with Crippen molar-refractivity contribution in [2.75, 3.05) is 5.32 Å². The van der Waals surface area contributed by atoms with Gasteiger partial charge >= 0.3 is 0 Å². The molecule has 3 atom stereocenters. The molecule has 3 rings (SSSR count). The molecule has 1 aliphatic rings. The molecule has 4 N–H and O–H groups in total. The van der Waals surface area contributed by atoms with Gasteiger partial charge < -0.3 is 15.1 Å². The summed E-state index contributed by atoms with van der Waals surface area (Å²) in [7, 11) is 0. The number of benzene rings is 1. The van der Waals surface area contributed by atoms with E-state index in [4.69, 9.17) is 4.42 Å². The first-order chi connectivity index (χ1) is 13.0. The van der Waals surface area contributed by atoms with Crippen molar-refractivity contribution in [3.05, 3.63) is 54.0 Å². The van der Waals surface area contributed by atoms with Gasteiger partial charge in [-0.05, 0) is 35.7 Å². The molecule has 1 fully saturated rings. The fourth-order valence-corrected chi connectivity index (χ4v) is 4.07. The lowest BCUT2D eigenvalue weighted by Crippen LogP contribution is -2.45. The van der Waals surface area contributed by atoms with Crippen molar-refractivity contribution < 1.29 is 14.0 Å². The van der Waals surface area contributed by atoms with E-state index in [1.165, 1.54) is 6.26 Å². The van der Waals surface area contributed by atoms with Crippen LogP contribution in [0.5, 0.6) is 0 Å². The third-order valence-electron chi connectivity index (χ3n) is 4.46. The van der Waals surface area contributed by atoms with Crippen LogP contribution in [0.1, 0.15) is 30.0 Å². The van der Waals surface area contributed by atoms with Crippen LogP contribution >= 0.6 is 15.9 Å². The summed E-state index contributed by atoms with van der Waals surface area (Å²) in [5.41, 5.74) is 7.74. The zero-order valence-electron chi connectivity index (χ0n) is 15.2. The van der Waals surface area contributed by atoms with Crippen molar-refractivity contribution in [2.45, 2.75) is 37.3 Å². The Balaban J connectivity index is 1.55. The van der Waals surface area contributed by atoms with E-state index >= 15 is 0 Å². The lowest BCUT2D eigenvalue weighted by molar-refractivity contribution is -0.122. The lowest BCUT2D eigenvalue weighted by atomic mass is 9.99. The largest absolute Gasteiger partial charge is 0.459 e. The van der Waals surface area contributed by atoms with Gasteiger partial charge in [0.15, 0.2) is 5.76 Å². The highest BCUT2D eigenvalue weighted by Crippen LogP contribution is 2.22. The van der Waals surface area contributed by atoms with Crippen molar-refractivity contribution in [1.29, 1.82) is 0 Å². The van der Waals surface area contributed by atoms with Crippen LogP contribution in [-0.2, 0) is 11.3 Å². The molecule has 2 heterocycles. The quantitative estimate of drug-likeness (QED) is 0.523. The number of nitrogens with one attached hydrogen (secondary N) is 4. The maximum Gasteiger partial charge on any atom is 0.291 e. The van der Waals surface area contributed by atoms with E-state index in [9.17, 15) is 9.59 Å². The average molecular weight is 435 g/mol. The van der Waals surface area contributed by atoms with Gasteiger partial charge in [-0.25, -0.2) is 5.43 Å². The number of rotatable bonds is 6. The van der Waals surface area contributed by atoms with E-state index in [1.807, 2.05) is 18.2 Å². The molecule has 8 heteroatoms. The van der Waals surface area contributed by atoms with E-state index in [0.717, 1.165) is 5.56 Å². The number of hydrogen-bond acceptors (Lipinski definition) is 5. The SMILES string of the molecule is CC(C)C1NNC(C(=O)NCc2cccc(NC(=O)c3ccco3)c2)C1Br. The van der Waals surface area contributed by atoms with Crippen LogP contribution in [0.2, 0.25) is 0 Å². The zero-order valence-corrected chi connectivity index (χ0v) is 16.7. The molecule has 1 aliphatic heterocycles. The van der Waals surface area contributed by atoms with Gasteiger partial charge in [0.1, 0.15) is 6.04 Å². The Kier molecular flexibility index (Phi) is 6.30. The number of anilines is 1. The molecule has 0 aliphatic carbocycles. The number of amides is 2. The predicted molar refractivity (Wildman–Crippen MR) is 106 cm³/mol. The Morgan fingerprint density at radius 1 is 1.22 bits per heavy atom. The molecule has 2 amide bonds. The van der Waals surface area contributed by atoms with E-state index < -0.39 is 0 Å². The molecule has 0 bridgehead atoms. The molecule has 0 radical (unpaired) electrons. The predicted octanol–water partition coefficient (Wildman–Crippen LogP) is 2.41. The van der Waals surface area contributed by atoms with Crippen LogP contribution < -0.4 is 21.5 Å². The Bertz CT molecular complexity index is 794. The van der Waals surface area contributed by atoms with Gasteiger partial charge in [0, 0.05) is 18.3 Å². The van der Waals surface area contributed by atoms with Crippen LogP contribution in [-0.4, -0.2) is 28.7 Å². The second-order valence-electron chi connectivity index (χ2n) is 6.83. The minimum atomic E-state index is -0.348. The van der Waals surface area contributed by atoms with Crippen LogP contribution in [0.3, 0.4) is 0 Å². The van der Waals surface area contributed by atoms with Gasteiger partial charge in [0.25, 0.3) is 5.91 Å². The first kappa shape index (κ1) is 19.6. The summed E-state index contributed by atoms with van der Waals surface area (Å²) in [6.07, 6.45) is 1.45. The maximum absolute atomic E-state index is 12.5. The highest BCUT2D eigenvalue weighted by atomic mass is 79.9. The molecule has 0 spiro atoms. The van der Waals surface area contributed by atoms with Gasteiger partial charge in [0.05, 0.1) is 11.1 Å². The average Bonchev–Trinajstić information content (AvgIpc) is 3.30. The number of hydrazine groups is 1. The Morgan fingerprint density at radius 2 is 2.04 bits per heavy atom. The smallest absolute Gasteiger partial charge is 0.291 e. The van der Waals surface area contributed by atoms with Crippen LogP contribution in [0.15, 0.2) is 47.1 Å². The molecule has 1 aromatic carbocycles. The second kappa shape index (κ2) is 8.69. The van der Waals surface area contributed by atoms with Gasteiger partial charge in [-0.1, -0.05) is 41.9 Å². The van der Waals surface area contributed by atoms with Gasteiger partial charge in [-0.3, -0.25) is 15.0 Å². The summed E-state index contributed by atoms with van der Waals surface area (Å²) < 4.78 is 5.08. The molecule has 0 saturated carbocycles. The van der Waals surface area contributed by atoms with E-state index in [0.29, 0.717) is 18.2 Å². The Morgan fingerprint density at radius 3 is 2.70 bits per heavy atom. The fraction of sp³-hybridized carbons (Fsp3) is 0.368. The summed E-state index contributed by atoms with van der Waals surface area (Å²) in [6.45, 7) is 4.58. The molecule has 27 heavy (non-hydrogen) atoms. The van der Waals surface area contributed by atoms with Crippen molar-refractivity contribution in [3.63, 3.8) is 0 Å². The van der Waals surface area contributed by atoms with Crippen LogP contribution in [0.25, 0.3) is 0 Å². The zero-order chi connectivity index (χ0) is 19.4. The first-order valence-electron chi connectivity index (χ1n) is 8.82. The number of alkyl halides is 1. The van der Waals surface area contributed by atoms with E-state index in [1.54, 1.807) is 18.2 Å². The van der Waals surface area contributed by atoms with Crippen LogP contribution in [0, 0.1) is 5.92 Å². The molecule has 1 aromatic heterocycles. The molecule has 144 valence electrons. The van der Waals surface area contributed by atoms with Crippen molar-refractivity contribution in [3.8, 4) is 0 Å². The maximum atomic E-state index is 12.5. The highest BCUT2D eigenvalue weighted by molar-refractivity contribution is 9.09. The summed E-state index contributed by atoms with van der Waals surface area (Å²) in [5.74, 6) is 0.243. The normalized spacial score (nSPS) is 22.0. The third kappa shape index (κ3) is 4.77. The third-order valence-corrected chi connectivity index (χ3v) is 5.56. The van der Waals surface area contributed by atoms with Crippen molar-refractivity contribution in [2.24, 2.45) is 5.92 Å². The topological polar surface area (TPSA) is 95.4 Å². The summed E-state index contributed by atoms with van der Waals surface area (Å²) in [4.78, 5) is 24.6. The summed E-state index contributed by atoms with van der Waals surface area (Å²) >= 11 is 3.61. The van der Waals surface area contributed by atoms with Gasteiger partial charge in [0.2, 0.25) is 5.91 Å². The molecule has 1 saturated heterocycles. The van der Waals surface area contributed by atoms with Crippen molar-refractivity contribution in [1.82, 2.24) is 16.2 Å². The monoisotopic (exact) mass is 434 g/mol. The van der Waals surface area contributed by atoms with Crippen LogP contribution in [0.4, 0.5) is 5.69 Å². The molecule has 2 aromatic rings. The van der Waals surface area contributed by atoms with Gasteiger partial charge in [-0.15, -0.1) is 0 Å². The second-order valence-corrected chi connectivity index (χ2v) is 7.89. The van der Waals surface area contributed by atoms with Crippen molar-refractivity contribution >= 4 is 33.4 Å². The van der Waals surface area contributed by atoms with E-state index in [2.05, 4.69) is 51.3 Å². The summed E-state index contributed by atoms with van der Waals surface area (Å²) in [6, 6.07) is 10.4. The minimum Gasteiger partial charge on any atom is -0.459 e. The first-order valence-corrected chi connectivity index (χ1v) is 9.74. The fourth-order valence-electron chi connectivity index (χ4n) is 2.96. The summed E-state index contributed by atoms with van der Waals surface area (Å²) in [5, 5.41) is 5.71. The lowest BCUT2D eigenvalue weighted by Gasteiger charge is -2.19. The standard InChI is InChI=1S/C19H23BrN4O3/c1-11(2)16-15(20)17(24-23-16)19(26)21-10-12-5-3-6-13(9-12)22-18(25)14-7-4-8-27-14/h3-9,11,15-17,23-24H,10H2,1-2H3,(H,21,26)(H,22,25). The number of carbonyl (C=O) groups excluding carboxylic acids is 2. The minimum absolute atomic E-state index is 0.0106. The molecule has 7 nitrogen and oxygen atoms in total. The number of hydrogen-bond donors (Lipinski definition) is 4. The molecule has 3 unspecified atom stereocenters. The number of furan rings is 1. The molecular formula is C19H23BrN4O3.